The average molecular weight is 434 g/mol. The first-order valence-corrected chi connectivity index (χ1v) is 7.97. The Bertz CT molecular complexity index is 452. The lowest BCUT2D eigenvalue weighted by Crippen LogP contribution is -2.37. The number of ether oxygens (including phenoxy) is 1. The van der Waals surface area contributed by atoms with Gasteiger partial charge >= 0.3 is 0 Å². The number of guanidine groups is 1. The maximum absolute atomic E-state index is 5.87. The molecule has 0 unspecified atom stereocenters. The summed E-state index contributed by atoms with van der Waals surface area (Å²) in [6, 6.07) is 8.13. The first-order valence-electron chi connectivity index (χ1n) is 7.97. The Balaban J connectivity index is 0.00000484. The van der Waals surface area contributed by atoms with Crippen molar-refractivity contribution in [2.24, 2.45) is 4.99 Å². The first-order chi connectivity index (χ1) is 10.7. The van der Waals surface area contributed by atoms with Gasteiger partial charge in [-0.25, -0.2) is 0 Å². The van der Waals surface area contributed by atoms with Crippen molar-refractivity contribution in [3.05, 3.63) is 29.8 Å². The molecule has 0 aliphatic rings. The number of hydrogen-bond donors (Lipinski definition) is 2. The number of likely N-dealkylation sites (N-methyl/N-ethyl adjacent to an activating group) is 1. The maximum Gasteiger partial charge on any atom is 0.191 e. The molecule has 0 spiro atoms. The van der Waals surface area contributed by atoms with Gasteiger partial charge in [-0.15, -0.1) is 24.0 Å². The number of benzene rings is 1. The van der Waals surface area contributed by atoms with Crippen LogP contribution in [0.5, 0.6) is 5.75 Å². The summed E-state index contributed by atoms with van der Waals surface area (Å²) >= 11 is 0. The van der Waals surface area contributed by atoms with Gasteiger partial charge in [-0.05, 0) is 26.6 Å². The molecule has 0 bridgehead atoms. The highest BCUT2D eigenvalue weighted by molar-refractivity contribution is 14.0. The van der Waals surface area contributed by atoms with Gasteiger partial charge < -0.3 is 20.3 Å². The number of unbranched alkanes of at least 4 members (excludes halogenated alkanes) is 1. The molecule has 2 N–H and O–H groups in total. The molecule has 0 fully saturated rings. The summed E-state index contributed by atoms with van der Waals surface area (Å²) in [4.78, 5) is 6.35. The molecule has 23 heavy (non-hydrogen) atoms. The fourth-order valence-electron chi connectivity index (χ4n) is 1.91. The summed E-state index contributed by atoms with van der Waals surface area (Å²) in [7, 11) is 5.88. The van der Waals surface area contributed by atoms with E-state index in [2.05, 4.69) is 33.5 Å². The van der Waals surface area contributed by atoms with Crippen LogP contribution < -0.4 is 15.4 Å². The lowest BCUT2D eigenvalue weighted by molar-refractivity contribution is 0.259. The third-order valence-corrected chi connectivity index (χ3v) is 3.26. The summed E-state index contributed by atoms with van der Waals surface area (Å²) in [5.41, 5.74) is 1.14. The van der Waals surface area contributed by atoms with Crippen molar-refractivity contribution in [2.75, 3.05) is 40.8 Å². The highest BCUT2D eigenvalue weighted by atomic mass is 127. The molecule has 0 aromatic heterocycles. The Labute approximate surface area is 157 Å². The number of aliphatic imine (C=N–C) groups is 1. The number of halogens is 1. The molecule has 0 atom stereocenters. The minimum Gasteiger partial charge on any atom is -0.492 e. The maximum atomic E-state index is 5.87. The monoisotopic (exact) mass is 434 g/mol. The van der Waals surface area contributed by atoms with E-state index in [1.54, 1.807) is 7.05 Å². The molecule has 6 heteroatoms. The minimum absolute atomic E-state index is 0. The normalized spacial score (nSPS) is 11.1. The van der Waals surface area contributed by atoms with Crippen LogP contribution in [0.15, 0.2) is 29.3 Å². The highest BCUT2D eigenvalue weighted by Crippen LogP contribution is 2.17. The Hall–Kier alpha value is -1.02. The van der Waals surface area contributed by atoms with Crippen LogP contribution in [0.25, 0.3) is 0 Å². The van der Waals surface area contributed by atoms with E-state index in [0.717, 1.165) is 36.8 Å². The molecule has 0 saturated heterocycles. The quantitative estimate of drug-likeness (QED) is 0.272. The van der Waals surface area contributed by atoms with Crippen molar-refractivity contribution in [3.8, 4) is 5.75 Å². The summed E-state index contributed by atoms with van der Waals surface area (Å²) in [6.45, 7) is 5.41. The SMILES string of the molecule is CCCCNC(=NC)NCc1ccccc1OCCN(C)C.I. The number of nitrogens with one attached hydrogen (secondary N) is 2. The Morgan fingerprint density at radius 1 is 1.22 bits per heavy atom. The molecule has 132 valence electrons. The zero-order chi connectivity index (χ0) is 16.2. The zero-order valence-corrected chi connectivity index (χ0v) is 17.1. The van der Waals surface area contributed by atoms with Crippen LogP contribution in [-0.2, 0) is 6.54 Å². The molecule has 0 radical (unpaired) electrons. The lowest BCUT2D eigenvalue weighted by atomic mass is 10.2. The Morgan fingerprint density at radius 3 is 2.61 bits per heavy atom. The van der Waals surface area contributed by atoms with Gasteiger partial charge in [0.05, 0.1) is 0 Å². The van der Waals surface area contributed by atoms with Crippen molar-refractivity contribution >= 4 is 29.9 Å². The van der Waals surface area contributed by atoms with Gasteiger partial charge in [0.15, 0.2) is 5.96 Å². The number of para-hydroxylation sites is 1. The van der Waals surface area contributed by atoms with E-state index in [4.69, 9.17) is 4.74 Å². The topological polar surface area (TPSA) is 48.9 Å². The molecule has 0 aliphatic carbocycles. The minimum atomic E-state index is 0. The van der Waals surface area contributed by atoms with Gasteiger partial charge in [-0.3, -0.25) is 4.99 Å². The molecule has 1 rings (SSSR count). The highest BCUT2D eigenvalue weighted by Gasteiger charge is 2.04. The van der Waals surface area contributed by atoms with Crippen molar-refractivity contribution in [1.82, 2.24) is 15.5 Å². The second-order valence-electron chi connectivity index (χ2n) is 5.47. The summed E-state index contributed by atoms with van der Waals surface area (Å²) in [5, 5.41) is 6.64. The van der Waals surface area contributed by atoms with Crippen molar-refractivity contribution in [2.45, 2.75) is 26.3 Å². The van der Waals surface area contributed by atoms with E-state index < -0.39 is 0 Å². The number of hydrogen-bond acceptors (Lipinski definition) is 3. The second kappa shape index (κ2) is 13.4. The van der Waals surface area contributed by atoms with Crippen molar-refractivity contribution < 1.29 is 4.74 Å². The fourth-order valence-corrected chi connectivity index (χ4v) is 1.91. The average Bonchev–Trinajstić information content (AvgIpc) is 2.51. The number of rotatable bonds is 9. The first kappa shape index (κ1) is 22.0. The standard InChI is InChI=1S/C17H30N4O.HI/c1-5-6-11-19-17(18-2)20-14-15-9-7-8-10-16(15)22-13-12-21(3)4;/h7-10H,5-6,11-14H2,1-4H3,(H2,18,19,20);1H. The van der Waals surface area contributed by atoms with Gasteiger partial charge in [-0.2, -0.15) is 0 Å². The largest absolute Gasteiger partial charge is 0.492 e. The lowest BCUT2D eigenvalue weighted by Gasteiger charge is -2.16. The zero-order valence-electron chi connectivity index (χ0n) is 14.8. The molecule has 5 nitrogen and oxygen atoms in total. The Kier molecular flexibility index (Phi) is 12.8. The fraction of sp³-hybridized carbons (Fsp3) is 0.588. The van der Waals surface area contributed by atoms with Crippen LogP contribution in [-0.4, -0.2) is 51.7 Å². The van der Waals surface area contributed by atoms with E-state index >= 15 is 0 Å². The molecule has 0 heterocycles. The molecule has 1 aromatic carbocycles. The van der Waals surface area contributed by atoms with E-state index in [1.165, 1.54) is 6.42 Å². The van der Waals surface area contributed by atoms with E-state index in [1.807, 2.05) is 32.3 Å². The molecule has 1 aromatic rings. The molecular formula is C17H31IN4O. The molecule has 0 saturated carbocycles. The van der Waals surface area contributed by atoms with Crippen LogP contribution in [0, 0.1) is 0 Å². The smallest absolute Gasteiger partial charge is 0.191 e. The van der Waals surface area contributed by atoms with Crippen LogP contribution >= 0.6 is 24.0 Å². The van der Waals surface area contributed by atoms with Gasteiger partial charge in [0.2, 0.25) is 0 Å². The summed E-state index contributed by atoms with van der Waals surface area (Å²) < 4.78 is 5.87. The predicted molar refractivity (Wildman–Crippen MR) is 109 cm³/mol. The van der Waals surface area contributed by atoms with E-state index in [0.29, 0.717) is 13.2 Å². The summed E-state index contributed by atoms with van der Waals surface area (Å²) in [5.74, 6) is 1.76. The van der Waals surface area contributed by atoms with E-state index in [-0.39, 0.29) is 24.0 Å². The van der Waals surface area contributed by atoms with Crippen LogP contribution in [0.2, 0.25) is 0 Å². The van der Waals surface area contributed by atoms with E-state index in [9.17, 15) is 0 Å². The van der Waals surface area contributed by atoms with Gasteiger partial charge in [0.1, 0.15) is 12.4 Å². The summed E-state index contributed by atoms with van der Waals surface area (Å²) in [6.07, 6.45) is 2.32. The Morgan fingerprint density at radius 2 is 1.96 bits per heavy atom. The second-order valence-corrected chi connectivity index (χ2v) is 5.47. The van der Waals surface area contributed by atoms with Gasteiger partial charge in [0.25, 0.3) is 0 Å². The molecular weight excluding hydrogens is 403 g/mol. The predicted octanol–water partition coefficient (Wildman–Crippen LogP) is 2.71. The third kappa shape index (κ3) is 9.65. The third-order valence-electron chi connectivity index (χ3n) is 3.26. The van der Waals surface area contributed by atoms with Crippen molar-refractivity contribution in [1.29, 1.82) is 0 Å². The molecule has 0 amide bonds. The number of nitrogens with zero attached hydrogens (tertiary/aromatic N) is 2. The van der Waals surface area contributed by atoms with Crippen molar-refractivity contribution in [3.63, 3.8) is 0 Å². The molecule has 0 aliphatic heterocycles. The van der Waals surface area contributed by atoms with Gasteiger partial charge in [0, 0.05) is 32.2 Å². The van der Waals surface area contributed by atoms with Crippen LogP contribution in [0.1, 0.15) is 25.3 Å². The van der Waals surface area contributed by atoms with Crippen LogP contribution in [0.4, 0.5) is 0 Å². The van der Waals surface area contributed by atoms with Gasteiger partial charge in [-0.1, -0.05) is 31.5 Å². The van der Waals surface area contributed by atoms with Crippen LogP contribution in [0.3, 0.4) is 0 Å².